The van der Waals surface area contributed by atoms with Crippen molar-refractivity contribution in [2.75, 3.05) is 5.75 Å². The molecule has 1 aromatic rings. The Morgan fingerprint density at radius 1 is 1.67 bits per heavy atom. The van der Waals surface area contributed by atoms with Crippen molar-refractivity contribution in [2.45, 2.75) is 19.4 Å². The lowest BCUT2D eigenvalue weighted by atomic mass is 10.1. The second-order valence-electron chi connectivity index (χ2n) is 3.45. The smallest absolute Gasteiger partial charge is 0.305 e. The molecule has 1 aliphatic carbocycles. The molecule has 0 spiro atoms. The fourth-order valence-corrected chi connectivity index (χ4v) is 2.31. The maximum absolute atomic E-state index is 11.2. The lowest BCUT2D eigenvalue weighted by Gasteiger charge is -2.10. The summed E-state index contributed by atoms with van der Waals surface area (Å²) in [7, 11) is 0. The number of thiazole rings is 1. The first-order valence-corrected chi connectivity index (χ1v) is 5.52. The van der Waals surface area contributed by atoms with Gasteiger partial charge in [-0.1, -0.05) is 11.3 Å². The minimum absolute atomic E-state index is 0.156. The Morgan fingerprint density at radius 3 is 2.83 bits per heavy atom. The van der Waals surface area contributed by atoms with Crippen molar-refractivity contribution in [3.8, 4) is 0 Å². The summed E-state index contributed by atoms with van der Waals surface area (Å²) in [5.41, 5.74) is 0.341. The van der Waals surface area contributed by atoms with Gasteiger partial charge in [0.15, 0.2) is 0 Å². The predicted octanol–water partition coefficient (Wildman–Crippen LogP) is 1.62. The van der Waals surface area contributed by atoms with E-state index in [1.807, 2.05) is 11.6 Å². The maximum atomic E-state index is 11.2. The second-order valence-corrected chi connectivity index (χ2v) is 4.63. The first-order valence-electron chi connectivity index (χ1n) is 4.01. The quantitative estimate of drug-likeness (QED) is 0.738. The fourth-order valence-electron chi connectivity index (χ4n) is 1.31. The van der Waals surface area contributed by atoms with Crippen LogP contribution in [0.15, 0.2) is 16.4 Å². The molecule has 12 heavy (non-hydrogen) atoms. The molecule has 0 bridgehead atoms. The van der Waals surface area contributed by atoms with Crippen molar-refractivity contribution in [1.82, 2.24) is 4.57 Å². The van der Waals surface area contributed by atoms with Crippen LogP contribution in [-0.2, 0) is 6.54 Å². The highest BCUT2D eigenvalue weighted by molar-refractivity contribution is 7.80. The molecule has 0 unspecified atom stereocenters. The Bertz CT molecular complexity index is 324. The zero-order valence-corrected chi connectivity index (χ0v) is 8.40. The lowest BCUT2D eigenvalue weighted by Crippen LogP contribution is -2.20. The van der Waals surface area contributed by atoms with Crippen LogP contribution in [0.2, 0.25) is 0 Å². The molecule has 0 aliphatic heterocycles. The molecular weight excluding hydrogens is 190 g/mol. The van der Waals surface area contributed by atoms with Gasteiger partial charge in [-0.15, -0.1) is 0 Å². The van der Waals surface area contributed by atoms with Crippen molar-refractivity contribution in [1.29, 1.82) is 0 Å². The van der Waals surface area contributed by atoms with Gasteiger partial charge in [0.1, 0.15) is 0 Å². The molecule has 1 heterocycles. The van der Waals surface area contributed by atoms with Crippen LogP contribution in [0.25, 0.3) is 0 Å². The van der Waals surface area contributed by atoms with Gasteiger partial charge in [0.25, 0.3) is 0 Å². The summed E-state index contributed by atoms with van der Waals surface area (Å²) in [6.45, 7) is 0.860. The van der Waals surface area contributed by atoms with Crippen molar-refractivity contribution in [3.63, 3.8) is 0 Å². The van der Waals surface area contributed by atoms with Crippen molar-refractivity contribution < 1.29 is 0 Å². The van der Waals surface area contributed by atoms with E-state index in [-0.39, 0.29) is 4.87 Å². The maximum Gasteiger partial charge on any atom is 0.307 e. The highest BCUT2D eigenvalue weighted by Crippen LogP contribution is 2.47. The van der Waals surface area contributed by atoms with Crippen LogP contribution in [-0.4, -0.2) is 10.3 Å². The minimum Gasteiger partial charge on any atom is -0.305 e. The van der Waals surface area contributed by atoms with Crippen molar-refractivity contribution in [3.05, 3.63) is 21.2 Å². The molecule has 1 aromatic heterocycles. The number of nitrogens with zero attached hydrogens (tertiary/aromatic N) is 1. The van der Waals surface area contributed by atoms with E-state index in [9.17, 15) is 4.79 Å². The molecule has 4 heteroatoms. The highest BCUT2D eigenvalue weighted by atomic mass is 32.1. The van der Waals surface area contributed by atoms with Crippen LogP contribution in [0.5, 0.6) is 0 Å². The third kappa shape index (κ3) is 1.45. The van der Waals surface area contributed by atoms with Gasteiger partial charge in [0.05, 0.1) is 0 Å². The van der Waals surface area contributed by atoms with Gasteiger partial charge in [-0.05, 0) is 24.0 Å². The topological polar surface area (TPSA) is 22.0 Å². The molecule has 0 radical (unpaired) electrons. The van der Waals surface area contributed by atoms with Crippen LogP contribution in [0, 0.1) is 5.41 Å². The molecule has 0 amide bonds. The molecule has 0 aromatic carbocycles. The summed E-state index contributed by atoms with van der Waals surface area (Å²) in [5.74, 6) is 0.898. The van der Waals surface area contributed by atoms with Gasteiger partial charge < -0.3 is 4.57 Å². The van der Waals surface area contributed by atoms with Gasteiger partial charge in [-0.25, -0.2) is 0 Å². The van der Waals surface area contributed by atoms with E-state index in [0.717, 1.165) is 12.3 Å². The summed E-state index contributed by atoms with van der Waals surface area (Å²) < 4.78 is 1.80. The van der Waals surface area contributed by atoms with E-state index in [1.165, 1.54) is 24.2 Å². The third-order valence-corrected chi connectivity index (χ3v) is 3.81. The standard InChI is InChI=1S/C8H11NOS2/c10-7-9(3-4-12-7)5-8(6-11)1-2-8/h3-4,11H,1-2,5-6H2. The first kappa shape index (κ1) is 8.38. The number of hydrogen-bond donors (Lipinski definition) is 1. The number of thiol groups is 1. The van der Waals surface area contributed by atoms with E-state index in [2.05, 4.69) is 12.6 Å². The Kier molecular flexibility index (Phi) is 2.04. The van der Waals surface area contributed by atoms with E-state index >= 15 is 0 Å². The Morgan fingerprint density at radius 2 is 2.42 bits per heavy atom. The second kappa shape index (κ2) is 2.92. The normalized spacial score (nSPS) is 19.4. The Balaban J connectivity index is 2.14. The third-order valence-electron chi connectivity index (χ3n) is 2.44. The van der Waals surface area contributed by atoms with Gasteiger partial charge in [-0.3, -0.25) is 4.79 Å². The molecule has 1 saturated carbocycles. The Hall–Kier alpha value is -0.220. The lowest BCUT2D eigenvalue weighted by molar-refractivity contribution is 0.469. The number of hydrogen-bond acceptors (Lipinski definition) is 3. The zero-order chi connectivity index (χ0) is 8.60. The van der Waals surface area contributed by atoms with Gasteiger partial charge >= 0.3 is 4.87 Å². The fraction of sp³-hybridized carbons (Fsp3) is 0.625. The molecule has 1 aliphatic rings. The largest absolute Gasteiger partial charge is 0.307 e. The molecular formula is C8H11NOS2. The molecule has 0 N–H and O–H groups in total. The first-order chi connectivity index (χ1) is 5.76. The molecule has 2 rings (SSSR count). The zero-order valence-electron chi connectivity index (χ0n) is 6.69. The van der Waals surface area contributed by atoms with Crippen LogP contribution >= 0.6 is 24.0 Å². The number of rotatable bonds is 3. The monoisotopic (exact) mass is 201 g/mol. The molecule has 66 valence electrons. The highest BCUT2D eigenvalue weighted by Gasteiger charge is 2.41. The predicted molar refractivity (Wildman–Crippen MR) is 54.1 cm³/mol. The summed E-state index contributed by atoms with van der Waals surface area (Å²) in [6.07, 6.45) is 4.31. The van der Waals surface area contributed by atoms with Crippen LogP contribution in [0.4, 0.5) is 0 Å². The van der Waals surface area contributed by atoms with Crippen LogP contribution < -0.4 is 4.87 Å². The van der Waals surface area contributed by atoms with Crippen molar-refractivity contribution >= 4 is 24.0 Å². The minimum atomic E-state index is 0.156. The summed E-state index contributed by atoms with van der Waals surface area (Å²) >= 11 is 5.56. The van der Waals surface area contributed by atoms with Gasteiger partial charge in [-0.2, -0.15) is 12.6 Å². The average molecular weight is 201 g/mol. The summed E-state index contributed by atoms with van der Waals surface area (Å²) in [6, 6.07) is 0. The van der Waals surface area contributed by atoms with Crippen molar-refractivity contribution in [2.24, 2.45) is 5.41 Å². The molecule has 1 fully saturated rings. The van der Waals surface area contributed by atoms with E-state index in [1.54, 1.807) is 4.57 Å². The van der Waals surface area contributed by atoms with Gasteiger partial charge in [0, 0.05) is 18.1 Å². The van der Waals surface area contributed by atoms with E-state index in [0.29, 0.717) is 5.41 Å². The molecule has 0 saturated heterocycles. The van der Waals surface area contributed by atoms with Crippen LogP contribution in [0.1, 0.15) is 12.8 Å². The van der Waals surface area contributed by atoms with E-state index < -0.39 is 0 Å². The average Bonchev–Trinajstić information content (AvgIpc) is 2.74. The molecule has 0 atom stereocenters. The van der Waals surface area contributed by atoms with Crippen LogP contribution in [0.3, 0.4) is 0 Å². The summed E-state index contributed by atoms with van der Waals surface area (Å²) in [4.78, 5) is 11.4. The number of aromatic nitrogens is 1. The molecule has 2 nitrogen and oxygen atoms in total. The Labute approximate surface area is 80.6 Å². The SMILES string of the molecule is O=c1sccn1CC1(CS)CC1. The van der Waals surface area contributed by atoms with Gasteiger partial charge in [0.2, 0.25) is 0 Å². The van der Waals surface area contributed by atoms with E-state index in [4.69, 9.17) is 0 Å². The summed E-state index contributed by atoms with van der Waals surface area (Å²) in [5, 5.41) is 1.84.